The van der Waals surface area contributed by atoms with Gasteiger partial charge in [-0.3, -0.25) is 4.79 Å². The number of benzene rings is 1. The van der Waals surface area contributed by atoms with E-state index < -0.39 is 5.54 Å². The van der Waals surface area contributed by atoms with E-state index in [1.165, 1.54) is 0 Å². The van der Waals surface area contributed by atoms with Crippen LogP contribution in [-0.4, -0.2) is 48.9 Å². The third kappa shape index (κ3) is 2.80. The molecule has 1 aromatic rings. The molecule has 0 bridgehead atoms. The molecule has 1 aromatic carbocycles. The molecule has 0 aromatic heterocycles. The summed E-state index contributed by atoms with van der Waals surface area (Å²) >= 11 is 0. The van der Waals surface area contributed by atoms with Crippen molar-refractivity contribution in [3.63, 3.8) is 0 Å². The summed E-state index contributed by atoms with van der Waals surface area (Å²) in [6.45, 7) is 5.14. The van der Waals surface area contributed by atoms with E-state index in [9.17, 15) is 4.79 Å². The van der Waals surface area contributed by atoms with Gasteiger partial charge in [0.25, 0.3) is 0 Å². The smallest absolute Gasteiger partial charge is 0.247 e. The quantitative estimate of drug-likeness (QED) is 0.876. The standard InChI is InChI=1S/C15H22N3O/c1-3-15(16,13-7-5-4-6-8-13)14(19)18-11-9-17(2)10-12-18/h3-8H,9-12,16H2,1-2H3. The Morgan fingerprint density at radius 1 is 1.21 bits per heavy atom. The molecule has 1 heterocycles. The predicted octanol–water partition coefficient (Wildman–Crippen LogP) is 0.839. The van der Waals surface area contributed by atoms with Crippen LogP contribution in [0.2, 0.25) is 0 Å². The fourth-order valence-corrected chi connectivity index (χ4v) is 2.40. The van der Waals surface area contributed by atoms with Crippen molar-refractivity contribution < 1.29 is 4.79 Å². The lowest BCUT2D eigenvalue weighted by Gasteiger charge is -2.38. The average Bonchev–Trinajstić information content (AvgIpc) is 2.47. The van der Waals surface area contributed by atoms with Gasteiger partial charge in [-0.2, -0.15) is 0 Å². The lowest BCUT2D eigenvalue weighted by atomic mass is 9.86. The molecule has 2 rings (SSSR count). The van der Waals surface area contributed by atoms with Gasteiger partial charge in [-0.15, -0.1) is 0 Å². The Morgan fingerprint density at radius 3 is 2.32 bits per heavy atom. The van der Waals surface area contributed by atoms with E-state index in [4.69, 9.17) is 5.73 Å². The lowest BCUT2D eigenvalue weighted by molar-refractivity contribution is -0.137. The zero-order valence-corrected chi connectivity index (χ0v) is 11.7. The van der Waals surface area contributed by atoms with E-state index in [2.05, 4.69) is 11.9 Å². The van der Waals surface area contributed by atoms with Crippen LogP contribution < -0.4 is 5.73 Å². The zero-order valence-electron chi connectivity index (χ0n) is 11.7. The summed E-state index contributed by atoms with van der Waals surface area (Å²) in [4.78, 5) is 16.8. The summed E-state index contributed by atoms with van der Waals surface area (Å²) in [5.74, 6) is -0.00528. The second-order valence-electron chi connectivity index (χ2n) is 5.12. The first-order valence-electron chi connectivity index (χ1n) is 6.71. The minimum atomic E-state index is -1.02. The third-order valence-corrected chi connectivity index (χ3v) is 3.85. The van der Waals surface area contributed by atoms with Gasteiger partial charge in [0.05, 0.1) is 0 Å². The van der Waals surface area contributed by atoms with Crippen LogP contribution in [0.3, 0.4) is 0 Å². The minimum Gasteiger partial charge on any atom is -0.338 e. The van der Waals surface area contributed by atoms with Crippen LogP contribution in [0.1, 0.15) is 12.5 Å². The van der Waals surface area contributed by atoms with Crippen LogP contribution in [0, 0.1) is 6.42 Å². The number of nitrogens with zero attached hydrogens (tertiary/aromatic N) is 2. The summed E-state index contributed by atoms with van der Waals surface area (Å²) < 4.78 is 0. The number of likely N-dealkylation sites (N-methyl/N-ethyl adjacent to an activating group) is 1. The topological polar surface area (TPSA) is 49.6 Å². The normalized spacial score (nSPS) is 20.1. The lowest BCUT2D eigenvalue weighted by Crippen LogP contribution is -2.57. The highest BCUT2D eigenvalue weighted by Crippen LogP contribution is 2.24. The summed E-state index contributed by atoms with van der Waals surface area (Å²) in [7, 11) is 2.07. The fraction of sp³-hybridized carbons (Fsp3) is 0.467. The maximum Gasteiger partial charge on any atom is 0.247 e. The predicted molar refractivity (Wildman–Crippen MR) is 76.4 cm³/mol. The maximum atomic E-state index is 12.7. The van der Waals surface area contributed by atoms with Crippen LogP contribution in [0.15, 0.2) is 30.3 Å². The van der Waals surface area contributed by atoms with Gasteiger partial charge >= 0.3 is 0 Å². The molecular formula is C15H22N3O. The Balaban J connectivity index is 2.19. The molecule has 2 N–H and O–H groups in total. The van der Waals surface area contributed by atoms with Gasteiger partial charge in [0.15, 0.2) is 0 Å². The van der Waals surface area contributed by atoms with E-state index in [0.29, 0.717) is 0 Å². The van der Waals surface area contributed by atoms with E-state index in [-0.39, 0.29) is 5.91 Å². The van der Waals surface area contributed by atoms with Crippen LogP contribution >= 0.6 is 0 Å². The first-order chi connectivity index (χ1) is 9.08. The second-order valence-corrected chi connectivity index (χ2v) is 5.12. The van der Waals surface area contributed by atoms with Gasteiger partial charge in [-0.25, -0.2) is 0 Å². The summed E-state index contributed by atoms with van der Waals surface area (Å²) in [6, 6.07) is 9.58. The number of carbonyl (C=O) groups is 1. The van der Waals surface area contributed by atoms with Crippen molar-refractivity contribution >= 4 is 5.91 Å². The number of nitrogens with two attached hydrogens (primary N) is 1. The Bertz CT molecular complexity index is 426. The molecule has 0 spiro atoms. The fourth-order valence-electron chi connectivity index (χ4n) is 2.40. The van der Waals surface area contributed by atoms with Gasteiger partial charge in [-0.05, 0) is 19.0 Å². The van der Waals surface area contributed by atoms with E-state index in [1.807, 2.05) is 42.2 Å². The Labute approximate surface area is 115 Å². The van der Waals surface area contributed by atoms with Gasteiger partial charge in [0, 0.05) is 26.2 Å². The maximum absolute atomic E-state index is 12.7. The van der Waals surface area contributed by atoms with Crippen molar-refractivity contribution in [2.45, 2.75) is 12.5 Å². The largest absolute Gasteiger partial charge is 0.338 e. The van der Waals surface area contributed by atoms with Crippen LogP contribution in [0.25, 0.3) is 0 Å². The second kappa shape index (κ2) is 5.72. The first-order valence-corrected chi connectivity index (χ1v) is 6.71. The molecule has 1 radical (unpaired) electrons. The highest BCUT2D eigenvalue weighted by molar-refractivity contribution is 5.89. The molecule has 1 atom stereocenters. The number of hydrogen-bond acceptors (Lipinski definition) is 3. The van der Waals surface area contributed by atoms with Crippen molar-refractivity contribution in [2.75, 3.05) is 33.2 Å². The Hall–Kier alpha value is -1.39. The third-order valence-electron chi connectivity index (χ3n) is 3.85. The molecule has 0 aliphatic carbocycles. The average molecular weight is 260 g/mol. The van der Waals surface area contributed by atoms with Crippen LogP contribution in [-0.2, 0) is 10.3 Å². The number of carbonyl (C=O) groups excluding carboxylic acids is 1. The van der Waals surface area contributed by atoms with Crippen molar-refractivity contribution in [1.29, 1.82) is 0 Å². The molecule has 4 nitrogen and oxygen atoms in total. The molecule has 4 heteroatoms. The van der Waals surface area contributed by atoms with Crippen molar-refractivity contribution in [3.8, 4) is 0 Å². The number of hydrogen-bond donors (Lipinski definition) is 1. The van der Waals surface area contributed by atoms with Gasteiger partial charge in [0.2, 0.25) is 5.91 Å². The molecule has 0 saturated carbocycles. The highest BCUT2D eigenvalue weighted by Gasteiger charge is 2.38. The SMILES string of the molecule is C[CH]C(N)(C(=O)N1CCN(C)CC1)c1ccccc1. The van der Waals surface area contributed by atoms with Crippen LogP contribution in [0.4, 0.5) is 0 Å². The number of amides is 1. The molecule has 1 fully saturated rings. The van der Waals surface area contributed by atoms with E-state index in [1.54, 1.807) is 6.42 Å². The van der Waals surface area contributed by atoms with E-state index >= 15 is 0 Å². The number of piperazine rings is 1. The molecule has 1 unspecified atom stereocenters. The molecule has 103 valence electrons. The molecule has 1 aliphatic rings. The van der Waals surface area contributed by atoms with Crippen molar-refractivity contribution in [1.82, 2.24) is 9.80 Å². The van der Waals surface area contributed by atoms with Crippen LogP contribution in [0.5, 0.6) is 0 Å². The molecule has 1 saturated heterocycles. The highest BCUT2D eigenvalue weighted by atomic mass is 16.2. The monoisotopic (exact) mass is 260 g/mol. The van der Waals surface area contributed by atoms with Crippen molar-refractivity contribution in [3.05, 3.63) is 42.3 Å². The first kappa shape index (κ1) is 14.0. The Kier molecular flexibility index (Phi) is 4.22. The van der Waals surface area contributed by atoms with Gasteiger partial charge in [-0.1, -0.05) is 37.3 Å². The summed E-state index contributed by atoms with van der Waals surface area (Å²) in [6.07, 6.45) is 1.79. The van der Waals surface area contributed by atoms with Crippen molar-refractivity contribution in [2.24, 2.45) is 5.73 Å². The number of rotatable bonds is 3. The minimum absolute atomic E-state index is 0.00528. The summed E-state index contributed by atoms with van der Waals surface area (Å²) in [5, 5.41) is 0. The molecule has 1 aliphatic heterocycles. The zero-order chi connectivity index (χ0) is 13.9. The van der Waals surface area contributed by atoms with E-state index in [0.717, 1.165) is 31.7 Å². The van der Waals surface area contributed by atoms with Gasteiger partial charge < -0.3 is 15.5 Å². The van der Waals surface area contributed by atoms with Gasteiger partial charge in [0.1, 0.15) is 5.54 Å². The molecule has 19 heavy (non-hydrogen) atoms. The Morgan fingerprint density at radius 2 is 1.79 bits per heavy atom. The summed E-state index contributed by atoms with van der Waals surface area (Å²) in [5.41, 5.74) is 6.20. The molecular weight excluding hydrogens is 238 g/mol. The molecule has 1 amide bonds.